The van der Waals surface area contributed by atoms with E-state index in [9.17, 15) is 4.79 Å². The van der Waals surface area contributed by atoms with Crippen LogP contribution in [0.15, 0.2) is 28.9 Å². The van der Waals surface area contributed by atoms with Crippen LogP contribution in [-0.4, -0.2) is 20.6 Å². The molecule has 0 aliphatic rings. The Balaban J connectivity index is 1.99. The number of carbonyl (C=O) groups is 1. The van der Waals surface area contributed by atoms with Crippen LogP contribution in [0.25, 0.3) is 0 Å². The number of nitrogens with one attached hydrogen (secondary N) is 1. The average Bonchev–Trinajstić information content (AvgIpc) is 2.81. The van der Waals surface area contributed by atoms with Crippen LogP contribution in [0.5, 0.6) is 0 Å². The van der Waals surface area contributed by atoms with Gasteiger partial charge < -0.3 is 5.32 Å². The summed E-state index contributed by atoms with van der Waals surface area (Å²) in [5.41, 5.74) is 3.51. The Morgan fingerprint density at radius 2 is 2.14 bits per heavy atom. The lowest BCUT2D eigenvalue weighted by Crippen LogP contribution is -2.22. The van der Waals surface area contributed by atoms with E-state index >= 15 is 0 Å². The fourth-order valence-corrected chi connectivity index (χ4v) is 3.38. The summed E-state index contributed by atoms with van der Waals surface area (Å²) in [5, 5.41) is 3.90. The summed E-state index contributed by atoms with van der Waals surface area (Å²) in [6.07, 6.45) is 1.79. The molecule has 4 nitrogen and oxygen atoms in total. The van der Waals surface area contributed by atoms with E-state index in [0.717, 1.165) is 16.3 Å². The van der Waals surface area contributed by atoms with Gasteiger partial charge in [-0.15, -0.1) is 23.1 Å². The fraction of sp³-hybridized carbons (Fsp3) is 0.400. The van der Waals surface area contributed by atoms with Crippen LogP contribution < -0.4 is 5.32 Å². The first-order valence-electron chi connectivity index (χ1n) is 6.67. The number of rotatable bonds is 4. The Labute approximate surface area is 133 Å². The highest BCUT2D eigenvalue weighted by atomic mass is 32.2. The highest BCUT2D eigenvalue weighted by Crippen LogP contribution is 2.30. The minimum absolute atomic E-state index is 0.0724. The maximum Gasteiger partial charge on any atom is 0.263 e. The zero-order chi connectivity index (χ0) is 15.5. The number of pyridine rings is 1. The van der Waals surface area contributed by atoms with Gasteiger partial charge in [-0.3, -0.25) is 4.79 Å². The average molecular weight is 321 g/mol. The summed E-state index contributed by atoms with van der Waals surface area (Å²) in [4.78, 5) is 21.2. The van der Waals surface area contributed by atoms with Gasteiger partial charge >= 0.3 is 0 Å². The summed E-state index contributed by atoms with van der Waals surface area (Å²) in [5.74, 6) is -0.0724. The molecule has 1 amide bonds. The van der Waals surface area contributed by atoms with Crippen LogP contribution in [0, 0.1) is 6.92 Å². The Kier molecular flexibility index (Phi) is 5.00. The van der Waals surface area contributed by atoms with Gasteiger partial charge in [0.15, 0.2) is 0 Å². The predicted molar refractivity (Wildman–Crippen MR) is 87.9 cm³/mol. The molecule has 0 fully saturated rings. The van der Waals surface area contributed by atoms with Gasteiger partial charge in [-0.25, -0.2) is 9.97 Å². The van der Waals surface area contributed by atoms with Crippen molar-refractivity contribution >= 4 is 29.0 Å². The van der Waals surface area contributed by atoms with Crippen LogP contribution in [-0.2, 0) is 6.54 Å². The lowest BCUT2D eigenvalue weighted by atomic mass is 10.2. The van der Waals surface area contributed by atoms with E-state index in [2.05, 4.69) is 36.1 Å². The SMILES string of the molecule is Cc1ncsc1C(=O)NCc1ccnc(SC(C)(C)C)c1. The molecule has 2 aromatic heterocycles. The highest BCUT2D eigenvalue weighted by Gasteiger charge is 2.14. The minimum Gasteiger partial charge on any atom is -0.347 e. The number of thiazole rings is 1. The van der Waals surface area contributed by atoms with E-state index in [4.69, 9.17) is 0 Å². The molecule has 21 heavy (non-hydrogen) atoms. The zero-order valence-electron chi connectivity index (χ0n) is 12.6. The van der Waals surface area contributed by atoms with Crippen molar-refractivity contribution in [2.75, 3.05) is 0 Å². The van der Waals surface area contributed by atoms with Gasteiger partial charge in [-0.1, -0.05) is 20.8 Å². The first-order valence-corrected chi connectivity index (χ1v) is 8.37. The molecular formula is C15H19N3OS2. The second kappa shape index (κ2) is 6.58. The van der Waals surface area contributed by atoms with Gasteiger partial charge in [0.05, 0.1) is 16.2 Å². The predicted octanol–water partition coefficient (Wildman–Crippen LogP) is 3.67. The Morgan fingerprint density at radius 3 is 2.76 bits per heavy atom. The van der Waals surface area contributed by atoms with Crippen LogP contribution in [0.3, 0.4) is 0 Å². The molecule has 0 saturated heterocycles. The van der Waals surface area contributed by atoms with Crippen LogP contribution in [0.2, 0.25) is 0 Å². The minimum atomic E-state index is -0.0724. The Hall–Kier alpha value is -1.40. The molecule has 0 atom stereocenters. The topological polar surface area (TPSA) is 54.9 Å². The van der Waals surface area contributed by atoms with E-state index in [1.165, 1.54) is 11.3 Å². The largest absolute Gasteiger partial charge is 0.347 e. The van der Waals surface area contributed by atoms with Crippen molar-refractivity contribution in [3.63, 3.8) is 0 Å². The second-order valence-electron chi connectivity index (χ2n) is 5.67. The van der Waals surface area contributed by atoms with Crippen LogP contribution >= 0.6 is 23.1 Å². The third kappa shape index (κ3) is 4.82. The molecule has 2 heterocycles. The molecule has 2 aromatic rings. The number of hydrogen-bond acceptors (Lipinski definition) is 5. The Morgan fingerprint density at radius 1 is 1.38 bits per heavy atom. The van der Waals surface area contributed by atoms with E-state index in [1.54, 1.807) is 23.5 Å². The summed E-state index contributed by atoms with van der Waals surface area (Å²) < 4.78 is 0.120. The normalized spacial score (nSPS) is 11.4. The van der Waals surface area contributed by atoms with E-state index in [1.807, 2.05) is 19.1 Å². The van der Waals surface area contributed by atoms with Gasteiger partial charge in [0, 0.05) is 17.5 Å². The molecule has 0 bridgehead atoms. The van der Waals surface area contributed by atoms with Gasteiger partial charge in [0.25, 0.3) is 5.91 Å². The van der Waals surface area contributed by atoms with Gasteiger partial charge in [0.2, 0.25) is 0 Å². The van der Waals surface area contributed by atoms with E-state index in [-0.39, 0.29) is 10.7 Å². The monoisotopic (exact) mass is 321 g/mol. The standard InChI is InChI=1S/C15H19N3OS2/c1-10-13(20-9-18-10)14(19)17-8-11-5-6-16-12(7-11)21-15(2,3)4/h5-7,9H,8H2,1-4H3,(H,17,19). The van der Waals surface area contributed by atoms with Crippen LogP contribution in [0.1, 0.15) is 41.7 Å². The summed E-state index contributed by atoms with van der Waals surface area (Å²) in [6, 6.07) is 3.95. The summed E-state index contributed by atoms with van der Waals surface area (Å²) >= 11 is 3.08. The molecule has 0 spiro atoms. The van der Waals surface area contributed by atoms with E-state index < -0.39 is 0 Å². The molecule has 0 aliphatic carbocycles. The van der Waals surface area contributed by atoms with Gasteiger partial charge in [-0.05, 0) is 24.6 Å². The third-order valence-corrected chi connectivity index (χ3v) is 4.59. The first-order chi connectivity index (χ1) is 9.85. The number of carbonyl (C=O) groups excluding carboxylic acids is 1. The number of hydrogen-bond donors (Lipinski definition) is 1. The molecular weight excluding hydrogens is 302 g/mol. The maximum absolute atomic E-state index is 12.1. The van der Waals surface area contributed by atoms with Crippen LogP contribution in [0.4, 0.5) is 0 Å². The highest BCUT2D eigenvalue weighted by molar-refractivity contribution is 8.00. The summed E-state index contributed by atoms with van der Waals surface area (Å²) in [6.45, 7) is 8.80. The first kappa shape index (κ1) is 16.0. The molecule has 0 aromatic carbocycles. The van der Waals surface area contributed by atoms with Gasteiger partial charge in [-0.2, -0.15) is 0 Å². The quantitative estimate of drug-likeness (QED) is 0.873. The number of aryl methyl sites for hydroxylation is 1. The molecule has 0 unspecified atom stereocenters. The van der Waals surface area contributed by atoms with Crippen molar-refractivity contribution in [1.29, 1.82) is 0 Å². The third-order valence-electron chi connectivity index (χ3n) is 2.61. The number of amides is 1. The zero-order valence-corrected chi connectivity index (χ0v) is 14.3. The fourth-order valence-electron chi connectivity index (χ4n) is 1.71. The molecule has 0 radical (unpaired) electrons. The van der Waals surface area contributed by atoms with Crippen molar-refractivity contribution in [1.82, 2.24) is 15.3 Å². The maximum atomic E-state index is 12.1. The molecule has 1 N–H and O–H groups in total. The number of thioether (sulfide) groups is 1. The molecule has 0 saturated carbocycles. The smallest absolute Gasteiger partial charge is 0.263 e. The molecule has 0 aliphatic heterocycles. The van der Waals surface area contributed by atoms with E-state index in [0.29, 0.717) is 11.4 Å². The van der Waals surface area contributed by atoms with Crippen molar-refractivity contribution in [2.24, 2.45) is 0 Å². The van der Waals surface area contributed by atoms with Crippen molar-refractivity contribution in [3.8, 4) is 0 Å². The van der Waals surface area contributed by atoms with Crippen molar-refractivity contribution in [3.05, 3.63) is 40.0 Å². The lowest BCUT2D eigenvalue weighted by Gasteiger charge is -2.17. The Bertz CT molecular complexity index is 632. The van der Waals surface area contributed by atoms with Gasteiger partial charge in [0.1, 0.15) is 4.88 Å². The van der Waals surface area contributed by atoms with Crippen molar-refractivity contribution in [2.45, 2.75) is 44.0 Å². The number of aromatic nitrogens is 2. The summed E-state index contributed by atoms with van der Waals surface area (Å²) in [7, 11) is 0. The molecule has 6 heteroatoms. The lowest BCUT2D eigenvalue weighted by molar-refractivity contribution is 0.0954. The molecule has 2 rings (SSSR count). The number of nitrogens with zero attached hydrogens (tertiary/aromatic N) is 2. The van der Waals surface area contributed by atoms with Crippen molar-refractivity contribution < 1.29 is 4.79 Å². The second-order valence-corrected chi connectivity index (χ2v) is 8.37. The molecule has 112 valence electrons.